The van der Waals surface area contributed by atoms with Crippen molar-refractivity contribution in [1.82, 2.24) is 14.5 Å². The number of aryl methyl sites for hydroxylation is 1. The first-order valence-electron chi connectivity index (χ1n) is 7.78. The Hall–Kier alpha value is -2.08. The maximum atomic E-state index is 12.8. The Bertz CT molecular complexity index is 738. The van der Waals surface area contributed by atoms with Crippen molar-refractivity contribution in [1.29, 1.82) is 0 Å². The van der Waals surface area contributed by atoms with E-state index in [1.165, 1.54) is 4.57 Å². The summed E-state index contributed by atoms with van der Waals surface area (Å²) in [7, 11) is 1.67. The number of amides is 1. The lowest BCUT2D eigenvalue weighted by molar-refractivity contribution is 0.0689. The molecule has 3 rings (SSSR count). The summed E-state index contributed by atoms with van der Waals surface area (Å²) < 4.78 is 1.47. The summed E-state index contributed by atoms with van der Waals surface area (Å²) in [4.78, 5) is 29.7. The van der Waals surface area contributed by atoms with Gasteiger partial charge in [0.25, 0.3) is 11.5 Å². The Morgan fingerprint density at radius 2 is 2.14 bits per heavy atom. The van der Waals surface area contributed by atoms with Crippen molar-refractivity contribution in [3.63, 3.8) is 0 Å². The second-order valence-electron chi connectivity index (χ2n) is 6.04. The highest BCUT2D eigenvalue weighted by atomic mass is 16.2. The molecule has 0 radical (unpaired) electrons. The zero-order valence-corrected chi connectivity index (χ0v) is 12.8. The first kappa shape index (κ1) is 14.8. The van der Waals surface area contributed by atoms with Gasteiger partial charge in [0.1, 0.15) is 5.52 Å². The normalized spacial score (nSPS) is 16.4. The van der Waals surface area contributed by atoms with Gasteiger partial charge >= 0.3 is 0 Å². The van der Waals surface area contributed by atoms with E-state index in [1.54, 1.807) is 25.5 Å². The summed E-state index contributed by atoms with van der Waals surface area (Å²) in [5, 5.41) is 0.706. The van der Waals surface area contributed by atoms with Crippen molar-refractivity contribution in [3.05, 3.63) is 34.4 Å². The summed E-state index contributed by atoms with van der Waals surface area (Å²) in [6.07, 6.45) is 6.39. The molecule has 3 N–H and O–H groups in total. The van der Waals surface area contributed by atoms with Crippen LogP contribution in [0, 0.1) is 5.92 Å². The minimum atomic E-state index is -0.113. The van der Waals surface area contributed by atoms with Crippen LogP contribution in [0.15, 0.2) is 23.3 Å². The molecule has 6 heteroatoms. The van der Waals surface area contributed by atoms with Gasteiger partial charge in [-0.2, -0.15) is 0 Å². The summed E-state index contributed by atoms with van der Waals surface area (Å²) in [6, 6.07) is 1.80. The van der Waals surface area contributed by atoms with Crippen LogP contribution in [0.1, 0.15) is 29.6 Å². The number of pyridine rings is 1. The van der Waals surface area contributed by atoms with Crippen molar-refractivity contribution in [2.45, 2.75) is 19.3 Å². The molecule has 1 aliphatic heterocycles. The van der Waals surface area contributed by atoms with E-state index in [-0.39, 0.29) is 11.5 Å². The van der Waals surface area contributed by atoms with Gasteiger partial charge in [0.15, 0.2) is 0 Å². The van der Waals surface area contributed by atoms with Gasteiger partial charge in [-0.25, -0.2) is 0 Å². The minimum absolute atomic E-state index is 0.00592. The topological polar surface area (TPSA) is 84.1 Å². The smallest absolute Gasteiger partial charge is 0.274 e. The Kier molecular flexibility index (Phi) is 4.02. The van der Waals surface area contributed by atoms with Gasteiger partial charge in [0.2, 0.25) is 0 Å². The molecular formula is C16H22N4O2. The molecule has 0 aliphatic carbocycles. The summed E-state index contributed by atoms with van der Waals surface area (Å²) in [5.74, 6) is 0.632. The maximum absolute atomic E-state index is 12.8. The molecular weight excluding hydrogens is 280 g/mol. The number of aromatic nitrogens is 2. The Morgan fingerprint density at radius 3 is 2.82 bits per heavy atom. The van der Waals surface area contributed by atoms with Gasteiger partial charge in [-0.3, -0.25) is 9.59 Å². The van der Waals surface area contributed by atoms with Crippen molar-refractivity contribution in [2.24, 2.45) is 18.7 Å². The maximum Gasteiger partial charge on any atom is 0.274 e. The monoisotopic (exact) mass is 302 g/mol. The highest BCUT2D eigenvalue weighted by molar-refractivity contribution is 6.05. The van der Waals surface area contributed by atoms with Gasteiger partial charge in [-0.15, -0.1) is 0 Å². The van der Waals surface area contributed by atoms with E-state index in [4.69, 9.17) is 5.73 Å². The summed E-state index contributed by atoms with van der Waals surface area (Å²) in [5.41, 5.74) is 6.58. The third kappa shape index (κ3) is 2.54. The van der Waals surface area contributed by atoms with E-state index in [2.05, 4.69) is 4.98 Å². The predicted octanol–water partition coefficient (Wildman–Crippen LogP) is 1.07. The number of nitrogens with zero attached hydrogens (tertiary/aromatic N) is 2. The van der Waals surface area contributed by atoms with Gasteiger partial charge in [-0.1, -0.05) is 0 Å². The van der Waals surface area contributed by atoms with E-state index in [9.17, 15) is 9.59 Å². The zero-order valence-electron chi connectivity index (χ0n) is 12.8. The number of carbonyl (C=O) groups excluding carboxylic acids is 1. The van der Waals surface area contributed by atoms with Crippen LogP contribution in [-0.2, 0) is 7.05 Å². The largest absolute Gasteiger partial charge is 0.357 e. The van der Waals surface area contributed by atoms with Crippen LogP contribution >= 0.6 is 0 Å². The van der Waals surface area contributed by atoms with Crippen LogP contribution in [0.25, 0.3) is 10.9 Å². The fourth-order valence-corrected chi connectivity index (χ4v) is 3.27. The Labute approximate surface area is 128 Å². The third-order valence-electron chi connectivity index (χ3n) is 4.60. The molecule has 0 aromatic carbocycles. The molecule has 3 heterocycles. The SMILES string of the molecule is Cn1cc(C(=O)N2CCC(CCN)CC2)c2cc[nH]c2c1=O. The number of carbonyl (C=O) groups is 1. The summed E-state index contributed by atoms with van der Waals surface area (Å²) in [6.45, 7) is 2.24. The fourth-order valence-electron chi connectivity index (χ4n) is 3.27. The number of fused-ring (bicyclic) bond motifs is 1. The Balaban J connectivity index is 1.86. The number of aromatic amines is 1. The van der Waals surface area contributed by atoms with Gasteiger partial charge in [0.05, 0.1) is 5.56 Å². The number of hydrogen-bond acceptors (Lipinski definition) is 3. The third-order valence-corrected chi connectivity index (χ3v) is 4.60. The minimum Gasteiger partial charge on any atom is -0.357 e. The average Bonchev–Trinajstić information content (AvgIpc) is 3.01. The molecule has 6 nitrogen and oxygen atoms in total. The van der Waals surface area contributed by atoms with Crippen molar-refractivity contribution >= 4 is 16.8 Å². The van der Waals surface area contributed by atoms with E-state index in [1.807, 2.05) is 4.90 Å². The molecule has 1 aliphatic rings. The van der Waals surface area contributed by atoms with Crippen molar-refractivity contribution in [2.75, 3.05) is 19.6 Å². The molecule has 0 bridgehead atoms. The van der Waals surface area contributed by atoms with Crippen molar-refractivity contribution in [3.8, 4) is 0 Å². The first-order chi connectivity index (χ1) is 10.6. The molecule has 118 valence electrons. The van der Waals surface area contributed by atoms with Crippen LogP contribution in [-0.4, -0.2) is 40.0 Å². The lowest BCUT2D eigenvalue weighted by atomic mass is 9.93. The van der Waals surface area contributed by atoms with Crippen LogP contribution < -0.4 is 11.3 Å². The van der Waals surface area contributed by atoms with E-state index in [0.29, 0.717) is 28.9 Å². The number of nitrogens with one attached hydrogen (secondary N) is 1. The van der Waals surface area contributed by atoms with E-state index >= 15 is 0 Å². The molecule has 1 saturated heterocycles. The quantitative estimate of drug-likeness (QED) is 0.889. The number of nitrogens with two attached hydrogens (primary N) is 1. The fraction of sp³-hybridized carbons (Fsp3) is 0.500. The highest BCUT2D eigenvalue weighted by Gasteiger charge is 2.25. The van der Waals surface area contributed by atoms with Gasteiger partial charge < -0.3 is 20.2 Å². The molecule has 2 aromatic heterocycles. The molecule has 2 aromatic rings. The summed E-state index contributed by atoms with van der Waals surface area (Å²) >= 11 is 0. The second kappa shape index (κ2) is 5.96. The number of hydrogen-bond donors (Lipinski definition) is 2. The Morgan fingerprint density at radius 1 is 1.41 bits per heavy atom. The van der Waals surface area contributed by atoms with Crippen LogP contribution in [0.2, 0.25) is 0 Å². The van der Waals surface area contributed by atoms with Gasteiger partial charge in [0, 0.05) is 37.9 Å². The van der Waals surface area contributed by atoms with Crippen LogP contribution in [0.4, 0.5) is 0 Å². The predicted molar refractivity (Wildman–Crippen MR) is 85.8 cm³/mol. The first-order valence-corrected chi connectivity index (χ1v) is 7.78. The molecule has 0 unspecified atom stereocenters. The molecule has 0 spiro atoms. The standard InChI is InChI=1S/C16H22N4O2/c1-19-10-13(12-3-7-18-14(12)16(19)22)15(21)20-8-4-11(2-6-17)5-9-20/h3,7,10-11,18H,2,4-6,8-9,17H2,1H3. The lowest BCUT2D eigenvalue weighted by Crippen LogP contribution is -2.39. The van der Waals surface area contributed by atoms with Crippen LogP contribution in [0.3, 0.4) is 0 Å². The van der Waals surface area contributed by atoms with Gasteiger partial charge in [-0.05, 0) is 37.8 Å². The number of likely N-dealkylation sites (tertiary alicyclic amines) is 1. The van der Waals surface area contributed by atoms with Crippen molar-refractivity contribution < 1.29 is 4.79 Å². The lowest BCUT2D eigenvalue weighted by Gasteiger charge is -2.32. The second-order valence-corrected chi connectivity index (χ2v) is 6.04. The molecule has 22 heavy (non-hydrogen) atoms. The van der Waals surface area contributed by atoms with E-state index < -0.39 is 0 Å². The molecule has 0 saturated carbocycles. The zero-order chi connectivity index (χ0) is 15.7. The molecule has 1 amide bonds. The molecule has 0 atom stereocenters. The molecule has 1 fully saturated rings. The number of rotatable bonds is 3. The van der Waals surface area contributed by atoms with E-state index in [0.717, 1.165) is 32.4 Å². The number of piperidine rings is 1. The number of H-pyrrole nitrogens is 1. The average molecular weight is 302 g/mol. The highest BCUT2D eigenvalue weighted by Crippen LogP contribution is 2.23. The van der Waals surface area contributed by atoms with Crippen LogP contribution in [0.5, 0.6) is 0 Å².